The number of rotatable bonds is 14. The topological polar surface area (TPSA) is 213 Å². The minimum atomic E-state index is -0.730. The van der Waals surface area contributed by atoms with Crippen LogP contribution in [0.3, 0.4) is 0 Å². The van der Waals surface area contributed by atoms with Crippen LogP contribution in [0.4, 0.5) is 9.59 Å². The molecule has 1 aliphatic rings. The standard InChI is InChI=1S/C41H51N11O6/c1-8-15-51(38(53)35(23(2)3)49-40(55)57-6)22-34-46-28-14-11-25(17-29(28)47-34)30-19-44-31(20-43-30)26-12-13-27(42-18-26)32-21-45-37(48-32)33-10-9-16-52(33)39(54)36(24(4)5)50-41(56)58-7/h11-14,17-21,23-24,33,35-36H,8-10,15-16,22H2,1-7H3,(H,45,48)(H,46,47)(H,49,55)(H,50,56). The van der Waals surface area contributed by atoms with Crippen LogP contribution in [0.2, 0.25) is 0 Å². The van der Waals surface area contributed by atoms with E-state index in [0.29, 0.717) is 47.5 Å². The van der Waals surface area contributed by atoms with Crippen LogP contribution >= 0.6 is 0 Å². The third kappa shape index (κ3) is 9.24. The summed E-state index contributed by atoms with van der Waals surface area (Å²) in [6.45, 7) is 10.8. The molecule has 0 saturated carbocycles. The highest BCUT2D eigenvalue weighted by Crippen LogP contribution is 2.33. The van der Waals surface area contributed by atoms with Gasteiger partial charge in [0.05, 0.1) is 79.2 Å². The van der Waals surface area contributed by atoms with Crippen LogP contribution < -0.4 is 10.6 Å². The number of amides is 4. The van der Waals surface area contributed by atoms with E-state index in [-0.39, 0.29) is 36.2 Å². The maximum atomic E-state index is 13.5. The number of hydrogen-bond donors (Lipinski definition) is 4. The Hall–Kier alpha value is -6.39. The summed E-state index contributed by atoms with van der Waals surface area (Å²) in [6.07, 6.45) is 7.88. The van der Waals surface area contributed by atoms with Crippen molar-refractivity contribution in [2.45, 2.75) is 78.6 Å². The fraction of sp³-hybridized carbons (Fsp3) is 0.439. The van der Waals surface area contributed by atoms with E-state index in [4.69, 9.17) is 19.4 Å². The zero-order valence-corrected chi connectivity index (χ0v) is 33.9. The van der Waals surface area contributed by atoms with Gasteiger partial charge >= 0.3 is 12.2 Å². The monoisotopic (exact) mass is 793 g/mol. The summed E-state index contributed by atoms with van der Waals surface area (Å²) in [5.74, 6) is 0.657. The fourth-order valence-electron chi connectivity index (χ4n) is 7.07. The number of aromatic nitrogens is 7. The number of imidazole rings is 2. The Morgan fingerprint density at radius 3 is 2.10 bits per heavy atom. The number of pyridine rings is 1. The highest BCUT2D eigenvalue weighted by molar-refractivity contribution is 5.87. The van der Waals surface area contributed by atoms with Crippen LogP contribution in [0.5, 0.6) is 0 Å². The summed E-state index contributed by atoms with van der Waals surface area (Å²) in [5.41, 5.74) is 5.89. The number of carbonyl (C=O) groups excluding carboxylic acids is 4. The van der Waals surface area contributed by atoms with Gasteiger partial charge in [-0.3, -0.25) is 24.5 Å². The van der Waals surface area contributed by atoms with Crippen molar-refractivity contribution in [2.24, 2.45) is 11.8 Å². The molecule has 4 N–H and O–H groups in total. The van der Waals surface area contributed by atoms with Crippen LogP contribution in [0.15, 0.2) is 55.1 Å². The molecule has 1 aliphatic heterocycles. The summed E-state index contributed by atoms with van der Waals surface area (Å²) in [7, 11) is 2.55. The first-order chi connectivity index (χ1) is 27.9. The minimum Gasteiger partial charge on any atom is -0.453 e. The zero-order valence-electron chi connectivity index (χ0n) is 33.9. The van der Waals surface area contributed by atoms with Crippen molar-refractivity contribution >= 4 is 35.0 Å². The minimum absolute atomic E-state index is 0.124. The maximum Gasteiger partial charge on any atom is 0.407 e. The van der Waals surface area contributed by atoms with Crippen LogP contribution in [0.1, 0.15) is 71.6 Å². The van der Waals surface area contributed by atoms with E-state index in [2.05, 4.69) is 35.6 Å². The smallest absolute Gasteiger partial charge is 0.407 e. The Kier molecular flexibility index (Phi) is 13.0. The van der Waals surface area contributed by atoms with Gasteiger partial charge in [0.15, 0.2) is 0 Å². The number of benzene rings is 1. The molecule has 6 rings (SSSR count). The molecular weight excluding hydrogens is 743 g/mol. The van der Waals surface area contributed by atoms with Crippen molar-refractivity contribution in [1.82, 2.24) is 55.3 Å². The van der Waals surface area contributed by atoms with Crippen LogP contribution in [0.25, 0.3) is 44.9 Å². The van der Waals surface area contributed by atoms with Gasteiger partial charge in [0.2, 0.25) is 11.8 Å². The lowest BCUT2D eigenvalue weighted by Crippen LogP contribution is -2.51. The first-order valence-corrected chi connectivity index (χ1v) is 19.5. The lowest BCUT2D eigenvalue weighted by Gasteiger charge is -2.30. The molecule has 1 aromatic carbocycles. The third-order valence-corrected chi connectivity index (χ3v) is 10.2. The number of alkyl carbamates (subject to hydrolysis) is 2. The van der Waals surface area contributed by atoms with Crippen molar-refractivity contribution < 1.29 is 28.7 Å². The molecule has 3 unspecified atom stereocenters. The highest BCUT2D eigenvalue weighted by Gasteiger charge is 2.37. The lowest BCUT2D eigenvalue weighted by atomic mass is 10.0. The summed E-state index contributed by atoms with van der Waals surface area (Å²) in [6, 6.07) is 7.89. The fourth-order valence-corrected chi connectivity index (χ4v) is 7.07. The van der Waals surface area contributed by atoms with Crippen molar-refractivity contribution in [2.75, 3.05) is 27.3 Å². The summed E-state index contributed by atoms with van der Waals surface area (Å²) >= 11 is 0. The van der Waals surface area contributed by atoms with Crippen LogP contribution in [-0.2, 0) is 25.6 Å². The average Bonchev–Trinajstić information content (AvgIpc) is 4.01. The molecule has 0 aliphatic carbocycles. The second-order valence-electron chi connectivity index (χ2n) is 15.0. The number of hydrogen-bond acceptors (Lipinski definition) is 11. The van der Waals surface area contributed by atoms with Gasteiger partial charge in [-0.15, -0.1) is 0 Å². The van der Waals surface area contributed by atoms with Crippen molar-refractivity contribution in [3.63, 3.8) is 0 Å². The number of fused-ring (bicyclic) bond motifs is 1. The van der Waals surface area contributed by atoms with Crippen molar-refractivity contribution in [3.8, 4) is 33.9 Å². The predicted molar refractivity (Wildman–Crippen MR) is 216 cm³/mol. The molecule has 3 atom stereocenters. The van der Waals surface area contributed by atoms with E-state index in [9.17, 15) is 19.2 Å². The molecule has 17 heteroatoms. The average molecular weight is 794 g/mol. The molecule has 0 radical (unpaired) electrons. The molecule has 1 saturated heterocycles. The number of aromatic amines is 2. The van der Waals surface area contributed by atoms with Crippen molar-refractivity contribution in [1.29, 1.82) is 0 Å². The molecule has 58 heavy (non-hydrogen) atoms. The van der Waals surface area contributed by atoms with Gasteiger partial charge in [0.25, 0.3) is 0 Å². The number of nitrogens with one attached hydrogen (secondary N) is 4. The first-order valence-electron chi connectivity index (χ1n) is 19.5. The quantitative estimate of drug-likeness (QED) is 0.108. The largest absolute Gasteiger partial charge is 0.453 e. The maximum absolute atomic E-state index is 13.5. The van der Waals surface area contributed by atoms with Gasteiger partial charge in [-0.05, 0) is 55.4 Å². The number of carbonyl (C=O) groups is 4. The number of ether oxygens (including phenoxy) is 2. The second kappa shape index (κ2) is 18.3. The Bertz CT molecular complexity index is 2220. The number of H-pyrrole nitrogens is 2. The van der Waals surface area contributed by atoms with E-state index >= 15 is 0 Å². The number of nitrogens with zero attached hydrogens (tertiary/aromatic N) is 7. The number of likely N-dealkylation sites (tertiary alicyclic amines) is 1. The van der Waals surface area contributed by atoms with E-state index in [1.54, 1.807) is 34.6 Å². The summed E-state index contributed by atoms with van der Waals surface area (Å²) in [5, 5.41) is 5.34. The Labute approximate surface area is 336 Å². The Morgan fingerprint density at radius 2 is 1.48 bits per heavy atom. The normalized spacial score (nSPS) is 15.1. The summed E-state index contributed by atoms with van der Waals surface area (Å²) in [4.78, 5) is 84.5. The molecule has 17 nitrogen and oxygen atoms in total. The lowest BCUT2D eigenvalue weighted by molar-refractivity contribution is -0.136. The molecule has 0 spiro atoms. The van der Waals surface area contributed by atoms with Gasteiger partial charge in [0, 0.05) is 30.4 Å². The number of methoxy groups -OCH3 is 2. The van der Waals surface area contributed by atoms with E-state index in [1.807, 2.05) is 65.0 Å². The Morgan fingerprint density at radius 1 is 0.828 bits per heavy atom. The third-order valence-electron chi connectivity index (χ3n) is 10.2. The first kappa shape index (κ1) is 41.2. The molecule has 0 bridgehead atoms. The summed E-state index contributed by atoms with van der Waals surface area (Å²) < 4.78 is 9.49. The highest BCUT2D eigenvalue weighted by atomic mass is 16.5. The SMILES string of the molecule is CCCN(Cc1nc2ccc(-c3cnc(-c4ccc(-c5cnc(C6CCCN6C(=O)C(NC(=O)OC)C(C)C)[nH]5)nc4)cn3)cc2[nH]1)C(=O)C(NC(=O)OC)C(C)C. The predicted octanol–water partition coefficient (Wildman–Crippen LogP) is 5.64. The van der Waals surface area contributed by atoms with E-state index in [1.165, 1.54) is 14.2 Å². The molecule has 5 heterocycles. The van der Waals surface area contributed by atoms with Gasteiger partial charge < -0.3 is 39.9 Å². The van der Waals surface area contributed by atoms with Gasteiger partial charge in [-0.2, -0.15) is 0 Å². The molecule has 1 fully saturated rings. The van der Waals surface area contributed by atoms with Crippen molar-refractivity contribution in [3.05, 3.63) is 66.8 Å². The Balaban J connectivity index is 1.12. The van der Waals surface area contributed by atoms with Crippen LogP contribution in [-0.4, -0.2) is 108 Å². The molecule has 4 amide bonds. The van der Waals surface area contributed by atoms with Gasteiger partial charge in [0.1, 0.15) is 23.7 Å². The van der Waals surface area contributed by atoms with Crippen LogP contribution in [0, 0.1) is 11.8 Å². The van der Waals surface area contributed by atoms with Gasteiger partial charge in [-0.25, -0.2) is 19.6 Å². The second-order valence-corrected chi connectivity index (χ2v) is 15.0. The van der Waals surface area contributed by atoms with Gasteiger partial charge in [-0.1, -0.05) is 40.7 Å². The molecule has 306 valence electrons. The molecule has 4 aromatic heterocycles. The van der Waals surface area contributed by atoms with E-state index in [0.717, 1.165) is 41.4 Å². The zero-order chi connectivity index (χ0) is 41.5. The molecule has 5 aromatic rings. The molecular formula is C41H51N11O6. The van der Waals surface area contributed by atoms with E-state index < -0.39 is 24.3 Å².